The number of rotatable bonds is 9. The van der Waals surface area contributed by atoms with Crippen LogP contribution in [0.5, 0.6) is 0 Å². The van der Waals surface area contributed by atoms with Crippen LogP contribution in [0.4, 0.5) is 5.69 Å². The predicted molar refractivity (Wildman–Crippen MR) is 87.0 cm³/mol. The van der Waals surface area contributed by atoms with Gasteiger partial charge in [-0.05, 0) is 26.3 Å². The number of nitro benzene ring substituents is 1. The number of benzene rings is 1. The lowest BCUT2D eigenvalue weighted by atomic mass is 10.1. The molecule has 9 nitrogen and oxygen atoms in total. The molecule has 1 amide bonds. The topological polar surface area (TPSA) is 125 Å². The highest BCUT2D eigenvalue weighted by Crippen LogP contribution is 2.19. The molecule has 1 aromatic rings. The summed E-state index contributed by atoms with van der Waals surface area (Å²) >= 11 is 0. The Balaban J connectivity index is 2.38. The molecular weight excluding hydrogens is 332 g/mol. The molecule has 0 aliphatic heterocycles. The normalized spacial score (nSPS) is 10.0. The molecule has 0 saturated heterocycles. The number of ether oxygens (including phenoxy) is 2. The van der Waals surface area contributed by atoms with Crippen molar-refractivity contribution in [2.24, 2.45) is 0 Å². The standard InChI is InChI=1S/C16H20N2O7/c1-3-24-15(20)5-4-8-17-14(19)10-25-16(21)12-7-6-11(2)13(9-12)18(22)23/h6-7,9H,3-5,8,10H2,1-2H3,(H,17,19). The molecule has 0 aliphatic carbocycles. The summed E-state index contributed by atoms with van der Waals surface area (Å²) < 4.78 is 9.56. The number of nitrogens with zero attached hydrogens (tertiary/aromatic N) is 1. The van der Waals surface area contributed by atoms with Crippen LogP contribution in [0, 0.1) is 17.0 Å². The van der Waals surface area contributed by atoms with Crippen LogP contribution in [0.1, 0.15) is 35.7 Å². The number of amides is 1. The van der Waals surface area contributed by atoms with Gasteiger partial charge in [-0.2, -0.15) is 0 Å². The smallest absolute Gasteiger partial charge is 0.338 e. The second kappa shape index (κ2) is 10.0. The number of carbonyl (C=O) groups is 3. The van der Waals surface area contributed by atoms with Gasteiger partial charge in [0.15, 0.2) is 6.61 Å². The number of hydrogen-bond acceptors (Lipinski definition) is 7. The molecule has 0 spiro atoms. The van der Waals surface area contributed by atoms with Crippen LogP contribution in [-0.4, -0.2) is 42.5 Å². The van der Waals surface area contributed by atoms with Crippen molar-refractivity contribution >= 4 is 23.5 Å². The zero-order chi connectivity index (χ0) is 18.8. The second-order valence-electron chi connectivity index (χ2n) is 5.09. The largest absolute Gasteiger partial charge is 0.466 e. The van der Waals surface area contributed by atoms with Crippen molar-refractivity contribution in [2.75, 3.05) is 19.8 Å². The molecule has 0 bridgehead atoms. The third kappa shape index (κ3) is 6.98. The minimum Gasteiger partial charge on any atom is -0.466 e. The summed E-state index contributed by atoms with van der Waals surface area (Å²) in [6.45, 7) is 3.29. The van der Waals surface area contributed by atoms with Crippen molar-refractivity contribution in [2.45, 2.75) is 26.7 Å². The number of nitrogens with one attached hydrogen (secondary N) is 1. The third-order valence-electron chi connectivity index (χ3n) is 3.16. The molecule has 25 heavy (non-hydrogen) atoms. The molecule has 0 unspecified atom stereocenters. The molecule has 0 radical (unpaired) electrons. The van der Waals surface area contributed by atoms with Crippen LogP contribution in [0.2, 0.25) is 0 Å². The van der Waals surface area contributed by atoms with Gasteiger partial charge in [0.2, 0.25) is 0 Å². The highest BCUT2D eigenvalue weighted by Gasteiger charge is 2.16. The van der Waals surface area contributed by atoms with Crippen LogP contribution >= 0.6 is 0 Å². The fourth-order valence-electron chi connectivity index (χ4n) is 1.89. The molecule has 0 aliphatic rings. The van der Waals surface area contributed by atoms with Gasteiger partial charge in [-0.1, -0.05) is 6.07 Å². The molecule has 136 valence electrons. The molecule has 1 aromatic carbocycles. The number of nitro groups is 1. The van der Waals surface area contributed by atoms with Crippen LogP contribution in [-0.2, 0) is 19.1 Å². The lowest BCUT2D eigenvalue weighted by Gasteiger charge is -2.07. The average Bonchev–Trinajstić information content (AvgIpc) is 2.57. The number of hydrogen-bond donors (Lipinski definition) is 1. The van der Waals surface area contributed by atoms with Gasteiger partial charge in [0.05, 0.1) is 17.1 Å². The zero-order valence-corrected chi connectivity index (χ0v) is 14.1. The minimum atomic E-state index is -0.829. The van der Waals surface area contributed by atoms with E-state index in [0.29, 0.717) is 18.6 Å². The Morgan fingerprint density at radius 2 is 1.96 bits per heavy atom. The molecule has 0 heterocycles. The van der Waals surface area contributed by atoms with Crippen LogP contribution < -0.4 is 5.32 Å². The van der Waals surface area contributed by atoms with Crippen molar-refractivity contribution in [1.29, 1.82) is 0 Å². The third-order valence-corrected chi connectivity index (χ3v) is 3.16. The van der Waals surface area contributed by atoms with Gasteiger partial charge in [0, 0.05) is 24.6 Å². The number of esters is 2. The van der Waals surface area contributed by atoms with Gasteiger partial charge in [-0.3, -0.25) is 19.7 Å². The summed E-state index contributed by atoms with van der Waals surface area (Å²) in [5.74, 6) is -1.70. The van der Waals surface area contributed by atoms with E-state index in [9.17, 15) is 24.5 Å². The Hall–Kier alpha value is -2.97. The summed E-state index contributed by atoms with van der Waals surface area (Å²) in [6, 6.07) is 3.93. The monoisotopic (exact) mass is 352 g/mol. The first-order chi connectivity index (χ1) is 11.8. The van der Waals surface area contributed by atoms with E-state index in [1.165, 1.54) is 12.1 Å². The maximum atomic E-state index is 11.8. The van der Waals surface area contributed by atoms with Crippen molar-refractivity contribution in [3.05, 3.63) is 39.4 Å². The van der Waals surface area contributed by atoms with Crippen molar-refractivity contribution < 1.29 is 28.8 Å². The highest BCUT2D eigenvalue weighted by molar-refractivity contribution is 5.92. The van der Waals surface area contributed by atoms with Crippen LogP contribution in [0.25, 0.3) is 0 Å². The SMILES string of the molecule is CCOC(=O)CCCNC(=O)COC(=O)c1ccc(C)c([N+](=O)[O-])c1. The van der Waals surface area contributed by atoms with Gasteiger partial charge < -0.3 is 14.8 Å². The number of carbonyl (C=O) groups excluding carboxylic acids is 3. The van der Waals surface area contributed by atoms with Gasteiger partial charge in [-0.15, -0.1) is 0 Å². The first-order valence-electron chi connectivity index (χ1n) is 7.69. The molecule has 0 aromatic heterocycles. The molecular formula is C16H20N2O7. The summed E-state index contributed by atoms with van der Waals surface area (Å²) in [6.07, 6.45) is 0.587. The summed E-state index contributed by atoms with van der Waals surface area (Å²) in [4.78, 5) is 44.8. The molecule has 1 N–H and O–H groups in total. The fraction of sp³-hybridized carbons (Fsp3) is 0.438. The van der Waals surface area contributed by atoms with Gasteiger partial charge in [0.25, 0.3) is 11.6 Å². The van der Waals surface area contributed by atoms with E-state index in [-0.39, 0.29) is 30.2 Å². The van der Waals surface area contributed by atoms with E-state index in [4.69, 9.17) is 9.47 Å². The van der Waals surface area contributed by atoms with E-state index >= 15 is 0 Å². The van der Waals surface area contributed by atoms with Crippen LogP contribution in [0.15, 0.2) is 18.2 Å². The first kappa shape index (κ1) is 20.1. The quantitative estimate of drug-likeness (QED) is 0.309. The second-order valence-corrected chi connectivity index (χ2v) is 5.09. The lowest BCUT2D eigenvalue weighted by Crippen LogP contribution is -2.30. The van der Waals surface area contributed by atoms with Gasteiger partial charge in [-0.25, -0.2) is 4.79 Å². The average molecular weight is 352 g/mol. The van der Waals surface area contributed by atoms with E-state index in [1.54, 1.807) is 13.8 Å². The Labute approximate surface area is 144 Å². The molecule has 0 saturated carbocycles. The lowest BCUT2D eigenvalue weighted by molar-refractivity contribution is -0.385. The molecule has 9 heteroatoms. The van der Waals surface area contributed by atoms with E-state index in [0.717, 1.165) is 6.07 Å². The summed E-state index contributed by atoms with van der Waals surface area (Å²) in [5, 5.41) is 13.3. The summed E-state index contributed by atoms with van der Waals surface area (Å²) in [7, 11) is 0. The Bertz CT molecular complexity index is 658. The molecule has 1 rings (SSSR count). The Kier molecular flexibility index (Phi) is 8.04. The highest BCUT2D eigenvalue weighted by atomic mass is 16.6. The van der Waals surface area contributed by atoms with Crippen molar-refractivity contribution in [3.63, 3.8) is 0 Å². The summed E-state index contributed by atoms with van der Waals surface area (Å²) in [5.41, 5.74) is 0.214. The van der Waals surface area contributed by atoms with Gasteiger partial charge >= 0.3 is 11.9 Å². The zero-order valence-electron chi connectivity index (χ0n) is 14.1. The predicted octanol–water partition coefficient (Wildman–Crippen LogP) is 1.52. The van der Waals surface area contributed by atoms with Crippen LogP contribution in [0.3, 0.4) is 0 Å². The Morgan fingerprint density at radius 1 is 1.24 bits per heavy atom. The molecule has 0 atom stereocenters. The minimum absolute atomic E-state index is 0.00703. The maximum absolute atomic E-state index is 11.8. The van der Waals surface area contributed by atoms with Crippen molar-refractivity contribution in [3.8, 4) is 0 Å². The van der Waals surface area contributed by atoms with Gasteiger partial charge in [0.1, 0.15) is 0 Å². The van der Waals surface area contributed by atoms with Crippen molar-refractivity contribution in [1.82, 2.24) is 5.32 Å². The number of aryl methyl sites for hydroxylation is 1. The maximum Gasteiger partial charge on any atom is 0.338 e. The fourth-order valence-corrected chi connectivity index (χ4v) is 1.89. The van der Waals surface area contributed by atoms with E-state index in [1.807, 2.05) is 0 Å². The van der Waals surface area contributed by atoms with E-state index in [2.05, 4.69) is 5.32 Å². The van der Waals surface area contributed by atoms with E-state index < -0.39 is 23.4 Å². The molecule has 0 fully saturated rings. The first-order valence-corrected chi connectivity index (χ1v) is 7.69. The Morgan fingerprint density at radius 3 is 2.60 bits per heavy atom.